The zero-order valence-electron chi connectivity index (χ0n) is 18.1. The second-order valence-electron chi connectivity index (χ2n) is 8.49. The summed E-state index contributed by atoms with van der Waals surface area (Å²) in [6.07, 6.45) is 5.06. The second kappa shape index (κ2) is 8.80. The van der Waals surface area contributed by atoms with Gasteiger partial charge in [0.1, 0.15) is 11.3 Å². The normalized spacial score (nSPS) is 18.4. The Morgan fingerprint density at radius 1 is 1.20 bits per heavy atom. The molecule has 1 amide bonds. The van der Waals surface area contributed by atoms with Gasteiger partial charge in [-0.25, -0.2) is 4.79 Å². The van der Waals surface area contributed by atoms with Crippen LogP contribution in [0.2, 0.25) is 0 Å². The molecule has 2 aromatic rings. The van der Waals surface area contributed by atoms with Crippen LogP contribution < -0.4 is 10.4 Å². The van der Waals surface area contributed by atoms with Crippen LogP contribution in [0.5, 0.6) is 5.75 Å². The van der Waals surface area contributed by atoms with Gasteiger partial charge >= 0.3 is 5.63 Å². The molecule has 0 radical (unpaired) electrons. The van der Waals surface area contributed by atoms with E-state index < -0.39 is 6.10 Å². The number of benzene rings is 1. The van der Waals surface area contributed by atoms with Crippen LogP contribution >= 0.6 is 0 Å². The third-order valence-electron chi connectivity index (χ3n) is 6.15. The van der Waals surface area contributed by atoms with Crippen LogP contribution in [0.1, 0.15) is 57.1 Å². The van der Waals surface area contributed by atoms with Gasteiger partial charge in [-0.15, -0.1) is 0 Å². The Bertz CT molecular complexity index is 971. The van der Waals surface area contributed by atoms with Crippen molar-refractivity contribution in [3.63, 3.8) is 0 Å². The van der Waals surface area contributed by atoms with Gasteiger partial charge in [-0.05, 0) is 63.6 Å². The van der Waals surface area contributed by atoms with Crippen molar-refractivity contribution < 1.29 is 18.7 Å². The minimum atomic E-state index is -0.602. The lowest BCUT2D eigenvalue weighted by Gasteiger charge is -2.36. The molecule has 1 aliphatic heterocycles. The maximum Gasteiger partial charge on any atom is 0.336 e. The molecule has 162 valence electrons. The molecule has 6 nitrogen and oxygen atoms in total. The van der Waals surface area contributed by atoms with Crippen LogP contribution in [0.25, 0.3) is 11.0 Å². The summed E-state index contributed by atoms with van der Waals surface area (Å²) in [5.41, 5.74) is 1.94. The molecule has 0 bridgehead atoms. The lowest BCUT2D eigenvalue weighted by atomic mass is 10.0. The number of fused-ring (bicyclic) bond motifs is 1. The topological polar surface area (TPSA) is 69.0 Å². The van der Waals surface area contributed by atoms with Gasteiger partial charge in [0.25, 0.3) is 5.91 Å². The van der Waals surface area contributed by atoms with Crippen molar-refractivity contribution >= 4 is 16.9 Å². The lowest BCUT2D eigenvalue weighted by molar-refractivity contribution is -0.143. The highest BCUT2D eigenvalue weighted by Crippen LogP contribution is 2.34. The Morgan fingerprint density at radius 2 is 1.90 bits per heavy atom. The first-order valence-electron chi connectivity index (χ1n) is 11.1. The number of ether oxygens (including phenoxy) is 2. The quantitative estimate of drug-likeness (QED) is 0.642. The molecule has 2 fully saturated rings. The third-order valence-corrected chi connectivity index (χ3v) is 6.15. The minimum absolute atomic E-state index is 0.0325. The monoisotopic (exact) mass is 413 g/mol. The number of hydrogen-bond acceptors (Lipinski definition) is 5. The number of carbonyl (C=O) groups excluding carboxylic acids is 1. The number of hydrogen-bond donors (Lipinski definition) is 0. The van der Waals surface area contributed by atoms with Crippen molar-refractivity contribution in [2.24, 2.45) is 0 Å². The van der Waals surface area contributed by atoms with E-state index in [2.05, 4.69) is 6.92 Å². The summed E-state index contributed by atoms with van der Waals surface area (Å²) >= 11 is 0. The molecule has 1 aliphatic carbocycles. The molecule has 1 aromatic heterocycles. The molecule has 30 heavy (non-hydrogen) atoms. The summed E-state index contributed by atoms with van der Waals surface area (Å²) in [6.45, 7) is 7.19. The maximum absolute atomic E-state index is 13.3. The van der Waals surface area contributed by atoms with Crippen LogP contribution in [0, 0.1) is 6.92 Å². The van der Waals surface area contributed by atoms with E-state index in [1.807, 2.05) is 30.9 Å². The van der Waals surface area contributed by atoms with E-state index in [-0.39, 0.29) is 17.6 Å². The summed E-state index contributed by atoms with van der Waals surface area (Å²) in [5.74, 6) is 0.618. The Hall–Kier alpha value is -2.34. The Balaban J connectivity index is 1.57. The first-order valence-corrected chi connectivity index (χ1v) is 11.1. The third kappa shape index (κ3) is 4.24. The van der Waals surface area contributed by atoms with Gasteiger partial charge in [-0.2, -0.15) is 0 Å². The minimum Gasteiger partial charge on any atom is -0.480 e. The molecule has 4 rings (SSSR count). The summed E-state index contributed by atoms with van der Waals surface area (Å²) in [6, 6.07) is 5.95. The highest BCUT2D eigenvalue weighted by atomic mass is 16.5. The van der Waals surface area contributed by atoms with Crippen LogP contribution in [-0.2, 0) is 16.0 Å². The highest BCUT2D eigenvalue weighted by molar-refractivity contribution is 5.86. The van der Waals surface area contributed by atoms with Crippen LogP contribution in [0.15, 0.2) is 27.4 Å². The van der Waals surface area contributed by atoms with Crippen LogP contribution in [0.3, 0.4) is 0 Å². The number of rotatable bonds is 7. The summed E-state index contributed by atoms with van der Waals surface area (Å²) in [5, 5.41) is 0.932. The fourth-order valence-electron chi connectivity index (χ4n) is 4.44. The molecule has 0 N–H and O–H groups in total. The van der Waals surface area contributed by atoms with Crippen LogP contribution in [0.4, 0.5) is 0 Å². The van der Waals surface area contributed by atoms with Crippen molar-refractivity contribution in [1.29, 1.82) is 0 Å². The van der Waals surface area contributed by atoms with Crippen molar-refractivity contribution in [3.8, 4) is 5.75 Å². The average Bonchev–Trinajstić information content (AvgIpc) is 3.56. The van der Waals surface area contributed by atoms with Crippen molar-refractivity contribution in [3.05, 3.63) is 39.7 Å². The Labute approximate surface area is 177 Å². The molecule has 2 heterocycles. The molecule has 0 spiro atoms. The molecule has 1 atom stereocenters. The van der Waals surface area contributed by atoms with E-state index >= 15 is 0 Å². The Morgan fingerprint density at radius 3 is 2.57 bits per heavy atom. The average molecular weight is 414 g/mol. The SMILES string of the molecule is CCCc1cc(=O)oc2c(C)c(OC(C)C(=O)N(C3CCOCC3)C3CC3)ccc12. The summed E-state index contributed by atoms with van der Waals surface area (Å²) in [7, 11) is 0. The lowest BCUT2D eigenvalue weighted by Crippen LogP contribution is -2.49. The van der Waals surface area contributed by atoms with Crippen LogP contribution in [-0.4, -0.2) is 42.2 Å². The molecular formula is C24H31NO5. The van der Waals surface area contributed by atoms with Gasteiger partial charge in [0, 0.05) is 42.3 Å². The van der Waals surface area contributed by atoms with Gasteiger partial charge in [-0.3, -0.25) is 4.79 Å². The van der Waals surface area contributed by atoms with Crippen molar-refractivity contribution in [1.82, 2.24) is 4.90 Å². The van der Waals surface area contributed by atoms with E-state index in [9.17, 15) is 9.59 Å². The molecule has 1 aromatic carbocycles. The fraction of sp³-hybridized carbons (Fsp3) is 0.583. The van der Waals surface area contributed by atoms with E-state index in [0.717, 1.165) is 55.0 Å². The zero-order valence-corrected chi connectivity index (χ0v) is 18.1. The van der Waals surface area contributed by atoms with E-state index in [4.69, 9.17) is 13.9 Å². The molecule has 1 saturated heterocycles. The molecule has 1 saturated carbocycles. The van der Waals surface area contributed by atoms with Crippen molar-refractivity contribution in [2.75, 3.05) is 13.2 Å². The summed E-state index contributed by atoms with van der Waals surface area (Å²) < 4.78 is 17.1. The van der Waals surface area contributed by atoms with Gasteiger partial charge in [0.2, 0.25) is 0 Å². The first-order chi connectivity index (χ1) is 14.5. The second-order valence-corrected chi connectivity index (χ2v) is 8.49. The Kier molecular flexibility index (Phi) is 6.14. The molecule has 2 aliphatic rings. The predicted molar refractivity (Wildman–Crippen MR) is 115 cm³/mol. The van der Waals surface area contributed by atoms with Crippen molar-refractivity contribution in [2.45, 2.75) is 77.5 Å². The van der Waals surface area contributed by atoms with Gasteiger partial charge < -0.3 is 18.8 Å². The smallest absolute Gasteiger partial charge is 0.336 e. The number of nitrogens with zero attached hydrogens (tertiary/aromatic N) is 1. The standard InChI is InChI=1S/C24H31NO5/c1-4-5-17-14-22(26)30-23-15(2)21(9-8-20(17)23)29-16(3)24(27)25(18-6-7-18)19-10-12-28-13-11-19/h8-9,14,16,18-19H,4-7,10-13H2,1-3H3. The van der Waals surface area contributed by atoms with Gasteiger partial charge in [0.05, 0.1) is 0 Å². The molecule has 1 unspecified atom stereocenters. The largest absolute Gasteiger partial charge is 0.480 e. The fourth-order valence-corrected chi connectivity index (χ4v) is 4.44. The van der Waals surface area contributed by atoms with E-state index in [0.29, 0.717) is 30.6 Å². The maximum atomic E-state index is 13.3. The number of aryl methyl sites for hydroxylation is 2. The molecule has 6 heteroatoms. The van der Waals surface area contributed by atoms with Gasteiger partial charge in [0.15, 0.2) is 6.10 Å². The first kappa shape index (κ1) is 20.9. The molecular weight excluding hydrogens is 382 g/mol. The summed E-state index contributed by atoms with van der Waals surface area (Å²) in [4.78, 5) is 27.4. The highest BCUT2D eigenvalue weighted by Gasteiger charge is 2.40. The number of carbonyl (C=O) groups is 1. The number of amides is 1. The van der Waals surface area contributed by atoms with Gasteiger partial charge in [-0.1, -0.05) is 13.3 Å². The predicted octanol–water partition coefficient (Wildman–Crippen LogP) is 3.99. The zero-order chi connectivity index (χ0) is 21.3. The van der Waals surface area contributed by atoms with E-state index in [1.54, 1.807) is 6.07 Å². The van der Waals surface area contributed by atoms with E-state index in [1.165, 1.54) is 0 Å².